The largest absolute Gasteiger partial charge is 0.497 e. The van der Waals surface area contributed by atoms with Crippen LogP contribution in [0.15, 0.2) is 41.3 Å². The molecule has 0 aliphatic carbocycles. The average molecular weight is 384 g/mol. The maximum absolute atomic E-state index is 12.7. The van der Waals surface area contributed by atoms with Crippen LogP contribution in [-0.2, 0) is 16.4 Å². The molecule has 0 saturated heterocycles. The van der Waals surface area contributed by atoms with Crippen LogP contribution in [-0.4, -0.2) is 35.3 Å². The molecule has 6 nitrogen and oxygen atoms in total. The van der Waals surface area contributed by atoms with Gasteiger partial charge in [0.05, 0.1) is 20.3 Å². The van der Waals surface area contributed by atoms with Crippen molar-refractivity contribution in [3.63, 3.8) is 0 Å². The lowest BCUT2D eigenvalue weighted by molar-refractivity contribution is 0.253. The zero-order valence-electron chi connectivity index (χ0n) is 13.8. The topological polar surface area (TPSA) is 73.9 Å². The molecule has 0 amide bonds. The van der Waals surface area contributed by atoms with E-state index in [4.69, 9.17) is 25.8 Å². The molecule has 0 spiro atoms. The lowest BCUT2D eigenvalue weighted by atomic mass is 10.0. The number of ether oxygens (including phenoxy) is 3. The van der Waals surface area contributed by atoms with E-state index in [-0.39, 0.29) is 17.3 Å². The van der Waals surface area contributed by atoms with Gasteiger partial charge in [0.2, 0.25) is 10.0 Å². The van der Waals surface area contributed by atoms with Crippen LogP contribution in [0.25, 0.3) is 0 Å². The van der Waals surface area contributed by atoms with Gasteiger partial charge >= 0.3 is 0 Å². The quantitative estimate of drug-likeness (QED) is 0.859. The fourth-order valence-electron chi connectivity index (χ4n) is 2.72. The third-order valence-electron chi connectivity index (χ3n) is 3.91. The molecular formula is C17H18ClNO5S. The van der Waals surface area contributed by atoms with Crippen LogP contribution in [0.3, 0.4) is 0 Å². The fourth-order valence-corrected chi connectivity index (χ4v) is 4.37. The highest BCUT2D eigenvalue weighted by Gasteiger charge is 2.28. The van der Waals surface area contributed by atoms with Crippen molar-refractivity contribution in [2.45, 2.75) is 17.4 Å². The van der Waals surface area contributed by atoms with Gasteiger partial charge in [-0.3, -0.25) is 0 Å². The molecule has 1 heterocycles. The summed E-state index contributed by atoms with van der Waals surface area (Å²) in [6, 6.07) is 9.52. The van der Waals surface area contributed by atoms with Crippen LogP contribution in [0.5, 0.6) is 17.2 Å². The van der Waals surface area contributed by atoms with Crippen LogP contribution < -0.4 is 18.9 Å². The number of rotatable bonds is 5. The zero-order valence-corrected chi connectivity index (χ0v) is 15.4. The number of sulfonamides is 1. The van der Waals surface area contributed by atoms with E-state index in [1.165, 1.54) is 19.2 Å². The summed E-state index contributed by atoms with van der Waals surface area (Å²) in [6.07, 6.45) is 0.495. The lowest BCUT2D eigenvalue weighted by Crippen LogP contribution is -2.42. The first-order valence-electron chi connectivity index (χ1n) is 7.58. The highest BCUT2D eigenvalue weighted by atomic mass is 35.5. The van der Waals surface area contributed by atoms with E-state index < -0.39 is 16.1 Å². The van der Waals surface area contributed by atoms with E-state index in [1.807, 2.05) is 12.1 Å². The zero-order chi connectivity index (χ0) is 18.0. The van der Waals surface area contributed by atoms with Gasteiger partial charge in [-0.1, -0.05) is 11.6 Å². The third kappa shape index (κ3) is 3.84. The van der Waals surface area contributed by atoms with Crippen molar-refractivity contribution in [2.24, 2.45) is 0 Å². The van der Waals surface area contributed by atoms with Gasteiger partial charge in [-0.2, -0.15) is 0 Å². The summed E-state index contributed by atoms with van der Waals surface area (Å²) >= 11 is 5.94. The molecule has 0 fully saturated rings. The standard InChI is InChI=1S/C17H18ClNO5S/c1-22-14-4-6-15-11(8-14)7-13(10-24-15)19-25(20,21)17-9-12(18)3-5-16(17)23-2/h3-6,8-9,13,19H,7,10H2,1-2H3/t13-/m0/s1. The molecule has 1 N–H and O–H groups in total. The van der Waals surface area contributed by atoms with Crippen molar-refractivity contribution < 1.29 is 22.6 Å². The van der Waals surface area contributed by atoms with Crippen LogP contribution in [0, 0.1) is 0 Å². The van der Waals surface area contributed by atoms with E-state index in [2.05, 4.69) is 4.72 Å². The molecule has 0 radical (unpaired) electrons. The molecule has 3 rings (SSSR count). The second kappa shape index (κ2) is 7.11. The van der Waals surface area contributed by atoms with Gasteiger partial charge < -0.3 is 14.2 Å². The minimum absolute atomic E-state index is 0.000982. The molecule has 25 heavy (non-hydrogen) atoms. The molecule has 0 unspecified atom stereocenters. The first kappa shape index (κ1) is 17.8. The molecule has 1 atom stereocenters. The Morgan fingerprint density at radius 2 is 1.96 bits per heavy atom. The average Bonchev–Trinajstić information content (AvgIpc) is 2.60. The first-order valence-corrected chi connectivity index (χ1v) is 9.44. The molecular weight excluding hydrogens is 366 g/mol. The Morgan fingerprint density at radius 1 is 1.16 bits per heavy atom. The van der Waals surface area contributed by atoms with Crippen molar-refractivity contribution in [1.29, 1.82) is 0 Å². The Hall–Kier alpha value is -1.96. The molecule has 1 aliphatic rings. The molecule has 0 saturated carbocycles. The summed E-state index contributed by atoms with van der Waals surface area (Å²) in [5, 5.41) is 0.316. The Labute approximate surface area is 151 Å². The number of hydrogen-bond acceptors (Lipinski definition) is 5. The summed E-state index contributed by atoms with van der Waals surface area (Å²) in [4.78, 5) is -0.000982. The Balaban J connectivity index is 1.83. The van der Waals surface area contributed by atoms with Crippen molar-refractivity contribution >= 4 is 21.6 Å². The number of hydrogen-bond donors (Lipinski definition) is 1. The third-order valence-corrected chi connectivity index (χ3v) is 5.69. The van der Waals surface area contributed by atoms with Gasteiger partial charge in [0, 0.05) is 5.02 Å². The fraction of sp³-hybridized carbons (Fsp3) is 0.294. The minimum atomic E-state index is -3.81. The van der Waals surface area contributed by atoms with Gasteiger partial charge in [-0.25, -0.2) is 13.1 Å². The summed E-state index contributed by atoms with van der Waals surface area (Å²) in [5.74, 6) is 1.66. The maximum atomic E-state index is 12.7. The SMILES string of the molecule is COc1ccc2c(c1)C[C@H](NS(=O)(=O)c1cc(Cl)ccc1OC)CO2. The van der Waals surface area contributed by atoms with Gasteiger partial charge in [0.25, 0.3) is 0 Å². The molecule has 2 aromatic rings. The number of benzene rings is 2. The highest BCUT2D eigenvalue weighted by Crippen LogP contribution is 2.30. The highest BCUT2D eigenvalue weighted by molar-refractivity contribution is 7.89. The smallest absolute Gasteiger partial charge is 0.244 e. The van der Waals surface area contributed by atoms with E-state index in [9.17, 15) is 8.42 Å². The molecule has 1 aliphatic heterocycles. The predicted octanol–water partition coefficient (Wildman–Crippen LogP) is 2.64. The van der Waals surface area contributed by atoms with Crippen molar-refractivity contribution in [3.05, 3.63) is 47.0 Å². The number of nitrogens with one attached hydrogen (secondary N) is 1. The van der Waals surface area contributed by atoms with Crippen LogP contribution in [0.1, 0.15) is 5.56 Å². The summed E-state index contributed by atoms with van der Waals surface area (Å²) in [7, 11) is -0.822. The number of fused-ring (bicyclic) bond motifs is 1. The summed E-state index contributed by atoms with van der Waals surface area (Å²) < 4.78 is 44.1. The second-order valence-electron chi connectivity index (χ2n) is 5.60. The van der Waals surface area contributed by atoms with Crippen LogP contribution >= 0.6 is 11.6 Å². The molecule has 134 valence electrons. The van der Waals surface area contributed by atoms with Crippen LogP contribution in [0.2, 0.25) is 5.02 Å². The Kier molecular flexibility index (Phi) is 5.08. The van der Waals surface area contributed by atoms with Crippen LogP contribution in [0.4, 0.5) is 0 Å². The van der Waals surface area contributed by atoms with E-state index in [0.29, 0.717) is 17.2 Å². The van der Waals surface area contributed by atoms with Crippen molar-refractivity contribution in [3.8, 4) is 17.2 Å². The Morgan fingerprint density at radius 3 is 2.68 bits per heavy atom. The molecule has 0 aromatic heterocycles. The minimum Gasteiger partial charge on any atom is -0.497 e. The van der Waals surface area contributed by atoms with E-state index in [1.54, 1.807) is 19.2 Å². The normalized spacial score (nSPS) is 16.7. The molecule has 2 aromatic carbocycles. The Bertz CT molecular complexity index is 885. The first-order chi connectivity index (χ1) is 11.9. The monoisotopic (exact) mass is 383 g/mol. The van der Waals surface area contributed by atoms with Gasteiger partial charge in [0.15, 0.2) is 0 Å². The maximum Gasteiger partial charge on any atom is 0.244 e. The van der Waals surface area contributed by atoms with E-state index in [0.717, 1.165) is 11.3 Å². The van der Waals surface area contributed by atoms with Gasteiger partial charge in [0.1, 0.15) is 28.8 Å². The lowest BCUT2D eigenvalue weighted by Gasteiger charge is -2.26. The molecule has 8 heteroatoms. The van der Waals surface area contributed by atoms with Crippen molar-refractivity contribution in [1.82, 2.24) is 4.72 Å². The number of methoxy groups -OCH3 is 2. The second-order valence-corrected chi connectivity index (χ2v) is 7.72. The summed E-state index contributed by atoms with van der Waals surface area (Å²) in [6.45, 7) is 0.238. The summed E-state index contributed by atoms with van der Waals surface area (Å²) in [5.41, 5.74) is 0.886. The number of halogens is 1. The van der Waals surface area contributed by atoms with Crippen molar-refractivity contribution in [2.75, 3.05) is 20.8 Å². The predicted molar refractivity (Wildman–Crippen MR) is 94.3 cm³/mol. The van der Waals surface area contributed by atoms with E-state index >= 15 is 0 Å². The van der Waals surface area contributed by atoms with Gasteiger partial charge in [-0.05, 0) is 48.4 Å². The molecule has 0 bridgehead atoms. The van der Waals surface area contributed by atoms with Gasteiger partial charge in [-0.15, -0.1) is 0 Å².